The second kappa shape index (κ2) is 6.99. The van der Waals surface area contributed by atoms with Gasteiger partial charge in [-0.2, -0.15) is 0 Å². The molecule has 3 aromatic carbocycles. The lowest BCUT2D eigenvalue weighted by atomic mass is 10.0. The highest BCUT2D eigenvalue weighted by Crippen LogP contribution is 2.25. The van der Waals surface area contributed by atoms with Crippen LogP contribution in [0.25, 0.3) is 27.8 Å². The predicted octanol–water partition coefficient (Wildman–Crippen LogP) is 5.34. The van der Waals surface area contributed by atoms with Gasteiger partial charge in [-0.1, -0.05) is 54.6 Å². The minimum atomic E-state index is -0.0181. The van der Waals surface area contributed by atoms with E-state index >= 15 is 0 Å². The summed E-state index contributed by atoms with van der Waals surface area (Å²) >= 11 is 0. The van der Waals surface area contributed by atoms with Crippen LogP contribution in [0.1, 0.15) is 11.1 Å². The maximum atomic E-state index is 13.3. The minimum absolute atomic E-state index is 0.0181. The molecule has 1 N–H and O–H groups in total. The number of aromatic amines is 1. The number of nitrogens with zero attached hydrogens (tertiary/aromatic N) is 1. The number of imidazole rings is 1. The summed E-state index contributed by atoms with van der Waals surface area (Å²) in [7, 11) is 0. The standard InChI is InChI=1S/C25H20N2O2/c1-17-15-23-26-21-9-5-6-10-22(21)27(23)25(28)24(17)19-11-13-20(14-12-19)29-16-18-7-3-2-4-8-18/h2-15,26H,16H2,1H3. The number of hydrogen-bond donors (Lipinski definition) is 1. The van der Waals surface area contributed by atoms with Gasteiger partial charge < -0.3 is 9.72 Å². The van der Waals surface area contributed by atoms with E-state index in [-0.39, 0.29) is 5.56 Å². The van der Waals surface area contributed by atoms with Crippen LogP contribution in [0.2, 0.25) is 0 Å². The number of H-pyrrole nitrogens is 1. The van der Waals surface area contributed by atoms with E-state index in [2.05, 4.69) is 4.98 Å². The highest BCUT2D eigenvalue weighted by Gasteiger charge is 2.14. The van der Waals surface area contributed by atoms with Gasteiger partial charge in [0.15, 0.2) is 0 Å². The summed E-state index contributed by atoms with van der Waals surface area (Å²) in [5, 5.41) is 0. The molecule has 2 aromatic heterocycles. The molecule has 142 valence electrons. The third-order valence-electron chi connectivity index (χ3n) is 5.20. The zero-order valence-electron chi connectivity index (χ0n) is 16.1. The molecule has 0 aliphatic rings. The first kappa shape index (κ1) is 17.3. The van der Waals surface area contributed by atoms with Crippen molar-refractivity contribution in [2.75, 3.05) is 0 Å². The van der Waals surface area contributed by atoms with Crippen molar-refractivity contribution >= 4 is 16.7 Å². The van der Waals surface area contributed by atoms with Gasteiger partial charge in [-0.25, -0.2) is 0 Å². The molecule has 5 rings (SSSR count). The van der Waals surface area contributed by atoms with Crippen molar-refractivity contribution in [1.29, 1.82) is 0 Å². The Bertz CT molecular complexity index is 1360. The summed E-state index contributed by atoms with van der Waals surface area (Å²) in [6.45, 7) is 2.49. The van der Waals surface area contributed by atoms with Crippen molar-refractivity contribution in [3.63, 3.8) is 0 Å². The molecule has 5 aromatic rings. The Hall–Kier alpha value is -3.79. The average molecular weight is 380 g/mol. The van der Waals surface area contributed by atoms with Gasteiger partial charge in [0, 0.05) is 0 Å². The number of rotatable bonds is 4. The zero-order valence-corrected chi connectivity index (χ0v) is 16.1. The second-order valence-electron chi connectivity index (χ2n) is 7.17. The molecule has 0 fully saturated rings. The molecule has 0 bridgehead atoms. The van der Waals surface area contributed by atoms with Gasteiger partial charge in [-0.3, -0.25) is 9.20 Å². The first-order valence-electron chi connectivity index (χ1n) is 9.61. The highest BCUT2D eigenvalue weighted by atomic mass is 16.5. The van der Waals surface area contributed by atoms with Crippen LogP contribution < -0.4 is 10.3 Å². The van der Waals surface area contributed by atoms with Crippen molar-refractivity contribution in [3.8, 4) is 16.9 Å². The topological polar surface area (TPSA) is 46.5 Å². The maximum Gasteiger partial charge on any atom is 0.264 e. The van der Waals surface area contributed by atoms with E-state index in [0.717, 1.165) is 39.1 Å². The molecule has 0 radical (unpaired) electrons. The summed E-state index contributed by atoms with van der Waals surface area (Å²) < 4.78 is 7.62. The normalized spacial score (nSPS) is 11.2. The molecule has 2 heterocycles. The molecule has 0 saturated heterocycles. The summed E-state index contributed by atoms with van der Waals surface area (Å²) in [5.41, 5.74) is 6.29. The van der Waals surface area contributed by atoms with E-state index in [0.29, 0.717) is 12.2 Å². The van der Waals surface area contributed by atoms with E-state index in [4.69, 9.17) is 4.74 Å². The van der Waals surface area contributed by atoms with Crippen molar-refractivity contribution in [3.05, 3.63) is 106 Å². The molecule has 0 aliphatic heterocycles. The van der Waals surface area contributed by atoms with Crippen molar-refractivity contribution in [2.45, 2.75) is 13.5 Å². The van der Waals surface area contributed by atoms with E-state index in [1.807, 2.05) is 91.9 Å². The largest absolute Gasteiger partial charge is 0.489 e. The van der Waals surface area contributed by atoms with Gasteiger partial charge in [0.25, 0.3) is 5.56 Å². The Morgan fingerprint density at radius 1 is 0.897 bits per heavy atom. The lowest BCUT2D eigenvalue weighted by molar-refractivity contribution is 0.306. The smallest absolute Gasteiger partial charge is 0.264 e. The van der Waals surface area contributed by atoms with Crippen molar-refractivity contribution < 1.29 is 4.74 Å². The van der Waals surface area contributed by atoms with Crippen LogP contribution in [0.4, 0.5) is 0 Å². The fraction of sp³-hybridized carbons (Fsp3) is 0.0800. The Kier molecular flexibility index (Phi) is 4.17. The zero-order chi connectivity index (χ0) is 19.8. The third-order valence-corrected chi connectivity index (χ3v) is 5.20. The predicted molar refractivity (Wildman–Crippen MR) is 116 cm³/mol. The Morgan fingerprint density at radius 3 is 2.41 bits per heavy atom. The molecule has 0 spiro atoms. The van der Waals surface area contributed by atoms with Crippen LogP contribution in [0.3, 0.4) is 0 Å². The lowest BCUT2D eigenvalue weighted by Crippen LogP contribution is -2.16. The molecular formula is C25H20N2O2. The molecule has 0 aliphatic carbocycles. The number of pyridine rings is 1. The van der Waals surface area contributed by atoms with Gasteiger partial charge >= 0.3 is 0 Å². The van der Waals surface area contributed by atoms with Gasteiger partial charge in [-0.05, 0) is 53.9 Å². The number of nitrogens with one attached hydrogen (secondary N) is 1. The molecule has 4 heteroatoms. The number of aryl methyl sites for hydroxylation is 1. The first-order valence-corrected chi connectivity index (χ1v) is 9.61. The number of para-hydroxylation sites is 2. The van der Waals surface area contributed by atoms with E-state index in [1.165, 1.54) is 0 Å². The van der Waals surface area contributed by atoms with Crippen LogP contribution in [0, 0.1) is 6.92 Å². The molecule has 0 saturated carbocycles. The Morgan fingerprint density at radius 2 is 1.62 bits per heavy atom. The average Bonchev–Trinajstić information content (AvgIpc) is 3.12. The van der Waals surface area contributed by atoms with Crippen LogP contribution in [0.5, 0.6) is 5.75 Å². The molecule has 0 unspecified atom stereocenters. The van der Waals surface area contributed by atoms with Crippen molar-refractivity contribution in [1.82, 2.24) is 9.38 Å². The van der Waals surface area contributed by atoms with Crippen LogP contribution in [0.15, 0.2) is 89.7 Å². The molecule has 0 atom stereocenters. The summed E-state index contributed by atoms with van der Waals surface area (Å²) in [4.78, 5) is 16.7. The van der Waals surface area contributed by atoms with Gasteiger partial charge in [0.05, 0.1) is 16.6 Å². The van der Waals surface area contributed by atoms with Gasteiger partial charge in [-0.15, -0.1) is 0 Å². The summed E-state index contributed by atoms with van der Waals surface area (Å²) in [6.07, 6.45) is 0. The first-order chi connectivity index (χ1) is 14.2. The van der Waals surface area contributed by atoms with Crippen LogP contribution in [-0.4, -0.2) is 9.38 Å². The number of ether oxygens (including phenoxy) is 1. The monoisotopic (exact) mass is 380 g/mol. The van der Waals surface area contributed by atoms with Gasteiger partial charge in [0.2, 0.25) is 0 Å². The van der Waals surface area contributed by atoms with Crippen molar-refractivity contribution in [2.24, 2.45) is 0 Å². The number of benzene rings is 3. The van der Waals surface area contributed by atoms with Gasteiger partial charge in [0.1, 0.15) is 18.0 Å². The number of fused-ring (bicyclic) bond motifs is 3. The maximum absolute atomic E-state index is 13.3. The van der Waals surface area contributed by atoms with Crippen LogP contribution >= 0.6 is 0 Å². The molecule has 29 heavy (non-hydrogen) atoms. The van der Waals surface area contributed by atoms with E-state index < -0.39 is 0 Å². The fourth-order valence-corrected chi connectivity index (χ4v) is 3.79. The third kappa shape index (κ3) is 3.09. The minimum Gasteiger partial charge on any atom is -0.489 e. The van der Waals surface area contributed by atoms with E-state index in [9.17, 15) is 4.79 Å². The number of aromatic nitrogens is 2. The molecular weight excluding hydrogens is 360 g/mol. The van der Waals surface area contributed by atoms with E-state index in [1.54, 1.807) is 4.40 Å². The fourth-order valence-electron chi connectivity index (χ4n) is 3.79. The molecule has 4 nitrogen and oxygen atoms in total. The summed E-state index contributed by atoms with van der Waals surface area (Å²) in [5.74, 6) is 0.781. The molecule has 0 amide bonds. The summed E-state index contributed by atoms with van der Waals surface area (Å²) in [6, 6.07) is 27.7. The highest BCUT2D eigenvalue weighted by molar-refractivity contribution is 5.82. The Balaban J connectivity index is 1.52. The number of hydrogen-bond acceptors (Lipinski definition) is 2. The second-order valence-corrected chi connectivity index (χ2v) is 7.17. The quantitative estimate of drug-likeness (QED) is 0.458. The van der Waals surface area contributed by atoms with Crippen LogP contribution in [-0.2, 0) is 6.61 Å². The Labute approximate surface area is 168 Å². The SMILES string of the molecule is Cc1cc2[nH]c3ccccc3n2c(=O)c1-c1ccc(OCc2ccccc2)cc1. The lowest BCUT2D eigenvalue weighted by Gasteiger charge is -2.09.